The van der Waals surface area contributed by atoms with Crippen molar-refractivity contribution in [1.29, 1.82) is 0 Å². The molecule has 0 bridgehead atoms. The normalized spacial score (nSPS) is 16.2. The van der Waals surface area contributed by atoms with E-state index < -0.39 is 27.7 Å². The molecule has 0 radical (unpaired) electrons. The Bertz CT molecular complexity index is 927. The van der Waals surface area contributed by atoms with Crippen LogP contribution in [0.4, 0.5) is 15.8 Å². The van der Waals surface area contributed by atoms with Gasteiger partial charge in [0.05, 0.1) is 11.4 Å². The van der Waals surface area contributed by atoms with E-state index in [0.717, 1.165) is 6.07 Å². The first-order valence-electron chi connectivity index (χ1n) is 7.10. The smallest absolute Gasteiger partial charge is 0.255 e. The van der Waals surface area contributed by atoms with E-state index in [1.807, 2.05) is 0 Å². The maximum atomic E-state index is 13.2. The molecule has 24 heavy (non-hydrogen) atoms. The van der Waals surface area contributed by atoms with Crippen LogP contribution in [0.25, 0.3) is 0 Å². The molecule has 1 aliphatic rings. The number of amides is 2. The molecule has 3 rings (SSSR count). The molecule has 8 heteroatoms. The Balaban J connectivity index is 1.88. The van der Waals surface area contributed by atoms with Gasteiger partial charge in [0, 0.05) is 17.7 Å². The molecule has 0 spiro atoms. The fraction of sp³-hybridized carbons (Fsp3) is 0.125. The van der Waals surface area contributed by atoms with E-state index in [1.165, 1.54) is 42.5 Å². The Labute approximate surface area is 138 Å². The van der Waals surface area contributed by atoms with Crippen LogP contribution >= 0.6 is 0 Å². The molecule has 0 atom stereocenters. The van der Waals surface area contributed by atoms with Gasteiger partial charge in [-0.1, -0.05) is 12.1 Å². The summed E-state index contributed by atoms with van der Waals surface area (Å²) in [5, 5.41) is 2.52. The van der Waals surface area contributed by atoms with E-state index in [9.17, 15) is 22.4 Å². The number of anilines is 2. The van der Waals surface area contributed by atoms with Crippen molar-refractivity contribution in [2.75, 3.05) is 15.4 Å². The summed E-state index contributed by atoms with van der Waals surface area (Å²) in [7, 11) is -3.69. The third kappa shape index (κ3) is 3.13. The molecule has 1 fully saturated rings. The highest BCUT2D eigenvalue weighted by molar-refractivity contribution is 7.94. The summed E-state index contributed by atoms with van der Waals surface area (Å²) in [6.07, 6.45) is -0.0813. The largest absolute Gasteiger partial charge is 0.322 e. The van der Waals surface area contributed by atoms with Crippen molar-refractivity contribution >= 4 is 33.2 Å². The van der Waals surface area contributed by atoms with Crippen LogP contribution in [-0.2, 0) is 14.8 Å². The SMILES string of the molecule is O=C(Nc1cccc(F)c1)c1cccc(N2C(=O)CCS2(=O)=O)c1. The summed E-state index contributed by atoms with van der Waals surface area (Å²) >= 11 is 0. The van der Waals surface area contributed by atoms with Gasteiger partial charge in [-0.25, -0.2) is 17.1 Å². The topological polar surface area (TPSA) is 83.6 Å². The van der Waals surface area contributed by atoms with Crippen molar-refractivity contribution in [3.63, 3.8) is 0 Å². The maximum absolute atomic E-state index is 13.2. The average molecular weight is 348 g/mol. The number of hydrogen-bond acceptors (Lipinski definition) is 4. The zero-order valence-electron chi connectivity index (χ0n) is 12.4. The molecule has 2 amide bonds. The third-order valence-electron chi connectivity index (χ3n) is 3.50. The molecule has 1 heterocycles. The molecule has 1 N–H and O–H groups in total. The number of rotatable bonds is 3. The van der Waals surface area contributed by atoms with Crippen LogP contribution < -0.4 is 9.62 Å². The highest BCUT2D eigenvalue weighted by Crippen LogP contribution is 2.26. The Morgan fingerprint density at radius 2 is 1.88 bits per heavy atom. The van der Waals surface area contributed by atoms with E-state index in [2.05, 4.69) is 5.32 Å². The van der Waals surface area contributed by atoms with Crippen LogP contribution in [0.3, 0.4) is 0 Å². The highest BCUT2D eigenvalue weighted by Gasteiger charge is 2.36. The van der Waals surface area contributed by atoms with Crippen molar-refractivity contribution in [1.82, 2.24) is 0 Å². The minimum Gasteiger partial charge on any atom is -0.322 e. The van der Waals surface area contributed by atoms with Gasteiger partial charge < -0.3 is 5.32 Å². The number of halogens is 1. The second-order valence-corrected chi connectivity index (χ2v) is 7.18. The number of hydrogen-bond donors (Lipinski definition) is 1. The molecule has 1 aliphatic heterocycles. The van der Waals surface area contributed by atoms with E-state index in [4.69, 9.17) is 0 Å². The Kier molecular flexibility index (Phi) is 4.06. The highest BCUT2D eigenvalue weighted by atomic mass is 32.2. The van der Waals surface area contributed by atoms with Gasteiger partial charge in [0.1, 0.15) is 5.82 Å². The quantitative estimate of drug-likeness (QED) is 0.921. The van der Waals surface area contributed by atoms with Crippen molar-refractivity contribution in [3.8, 4) is 0 Å². The first-order valence-corrected chi connectivity index (χ1v) is 8.70. The molecular formula is C16H13FN2O4S. The van der Waals surface area contributed by atoms with Gasteiger partial charge in [0.25, 0.3) is 5.91 Å². The summed E-state index contributed by atoms with van der Waals surface area (Å²) in [5.41, 5.74) is 0.548. The average Bonchev–Trinajstić information content (AvgIpc) is 2.80. The number of carbonyl (C=O) groups is 2. The van der Waals surface area contributed by atoms with Crippen LogP contribution in [-0.4, -0.2) is 26.0 Å². The second kappa shape index (κ2) is 6.04. The number of sulfonamides is 1. The monoisotopic (exact) mass is 348 g/mol. The molecule has 0 unspecified atom stereocenters. The van der Waals surface area contributed by atoms with E-state index in [1.54, 1.807) is 0 Å². The molecule has 0 aliphatic carbocycles. The molecule has 6 nitrogen and oxygen atoms in total. The Morgan fingerprint density at radius 3 is 2.54 bits per heavy atom. The zero-order valence-corrected chi connectivity index (χ0v) is 13.2. The van der Waals surface area contributed by atoms with Crippen LogP contribution in [0, 0.1) is 5.82 Å². The number of nitrogens with zero attached hydrogens (tertiary/aromatic N) is 1. The maximum Gasteiger partial charge on any atom is 0.255 e. The molecule has 1 saturated heterocycles. The van der Waals surface area contributed by atoms with Gasteiger partial charge in [0.2, 0.25) is 15.9 Å². The van der Waals surface area contributed by atoms with E-state index in [-0.39, 0.29) is 29.1 Å². The molecule has 0 aromatic heterocycles. The van der Waals surface area contributed by atoms with Gasteiger partial charge in [-0.15, -0.1) is 0 Å². The lowest BCUT2D eigenvalue weighted by Crippen LogP contribution is -2.29. The predicted molar refractivity (Wildman–Crippen MR) is 86.7 cm³/mol. The first kappa shape index (κ1) is 16.1. The molecular weight excluding hydrogens is 335 g/mol. The summed E-state index contributed by atoms with van der Waals surface area (Å²) in [6.45, 7) is 0. The minimum atomic E-state index is -3.69. The van der Waals surface area contributed by atoms with E-state index >= 15 is 0 Å². The molecule has 2 aromatic rings. The van der Waals surface area contributed by atoms with Crippen molar-refractivity contribution < 1.29 is 22.4 Å². The minimum absolute atomic E-state index is 0.0813. The lowest BCUT2D eigenvalue weighted by molar-refractivity contribution is -0.116. The standard InChI is InChI=1S/C16H13FN2O4S/c17-12-4-2-5-13(10-12)18-16(21)11-3-1-6-14(9-11)19-15(20)7-8-24(19,22)23/h1-6,9-10H,7-8H2,(H,18,21). The fourth-order valence-electron chi connectivity index (χ4n) is 2.41. The first-order chi connectivity index (χ1) is 11.4. The lowest BCUT2D eigenvalue weighted by Gasteiger charge is -2.15. The Morgan fingerprint density at radius 1 is 1.12 bits per heavy atom. The summed E-state index contributed by atoms with van der Waals surface area (Å²) in [4.78, 5) is 24.1. The van der Waals surface area contributed by atoms with Gasteiger partial charge in [-0.2, -0.15) is 0 Å². The number of carbonyl (C=O) groups excluding carboxylic acids is 2. The van der Waals surface area contributed by atoms with Crippen LogP contribution in [0.1, 0.15) is 16.8 Å². The summed E-state index contributed by atoms with van der Waals surface area (Å²) in [6, 6.07) is 11.1. The second-order valence-electron chi connectivity index (χ2n) is 5.24. The Hall–Kier alpha value is -2.74. The molecule has 124 valence electrons. The third-order valence-corrected chi connectivity index (χ3v) is 5.19. The van der Waals surface area contributed by atoms with E-state index in [0.29, 0.717) is 4.31 Å². The van der Waals surface area contributed by atoms with Crippen molar-refractivity contribution in [3.05, 3.63) is 59.9 Å². The number of benzene rings is 2. The van der Waals surface area contributed by atoms with Gasteiger partial charge in [0.15, 0.2) is 0 Å². The molecule has 2 aromatic carbocycles. The van der Waals surface area contributed by atoms with Crippen molar-refractivity contribution in [2.45, 2.75) is 6.42 Å². The van der Waals surface area contributed by atoms with Crippen molar-refractivity contribution in [2.24, 2.45) is 0 Å². The number of nitrogens with one attached hydrogen (secondary N) is 1. The van der Waals surface area contributed by atoms with Gasteiger partial charge in [-0.05, 0) is 36.4 Å². The van der Waals surface area contributed by atoms with Crippen LogP contribution in [0.5, 0.6) is 0 Å². The van der Waals surface area contributed by atoms with Gasteiger partial charge in [-0.3, -0.25) is 9.59 Å². The summed E-state index contributed by atoms with van der Waals surface area (Å²) in [5.74, 6) is -1.80. The predicted octanol–water partition coefficient (Wildman–Crippen LogP) is 2.14. The summed E-state index contributed by atoms with van der Waals surface area (Å²) < 4.78 is 37.8. The molecule has 0 saturated carbocycles. The fourth-order valence-corrected chi connectivity index (χ4v) is 3.86. The van der Waals surface area contributed by atoms with Crippen LogP contribution in [0.15, 0.2) is 48.5 Å². The lowest BCUT2D eigenvalue weighted by atomic mass is 10.1. The van der Waals surface area contributed by atoms with Crippen LogP contribution in [0.2, 0.25) is 0 Å². The zero-order chi connectivity index (χ0) is 17.3. The van der Waals surface area contributed by atoms with Gasteiger partial charge >= 0.3 is 0 Å².